The zero-order valence-electron chi connectivity index (χ0n) is 10.1. The highest BCUT2D eigenvalue weighted by Gasteiger charge is 2.19. The molecule has 0 saturated heterocycles. The Kier molecular flexibility index (Phi) is 2.91. The third-order valence-corrected chi connectivity index (χ3v) is 3.92. The Morgan fingerprint density at radius 3 is 2.31 bits per heavy atom. The van der Waals surface area contributed by atoms with E-state index in [1.807, 2.05) is 13.8 Å². The summed E-state index contributed by atoms with van der Waals surface area (Å²) < 4.78 is 5.62. The smallest absolute Gasteiger partial charge is 0.106 e. The molecule has 2 heterocycles. The first kappa shape index (κ1) is 11.4. The van der Waals surface area contributed by atoms with Crippen LogP contribution in [-0.2, 0) is 0 Å². The summed E-state index contributed by atoms with van der Waals surface area (Å²) in [5, 5.41) is 2.13. The molecule has 2 rings (SSSR count). The molecular formula is C13H17NOS. The lowest BCUT2D eigenvalue weighted by molar-refractivity contribution is 0.498. The lowest BCUT2D eigenvalue weighted by Gasteiger charge is -2.10. The molecule has 1 unspecified atom stereocenters. The minimum absolute atomic E-state index is 0.0672. The molecule has 0 spiro atoms. The van der Waals surface area contributed by atoms with Gasteiger partial charge in [0.2, 0.25) is 0 Å². The number of hydrogen-bond donors (Lipinski definition) is 1. The summed E-state index contributed by atoms with van der Waals surface area (Å²) in [5.74, 6) is 1.90. The van der Waals surface area contributed by atoms with Crippen molar-refractivity contribution in [3.63, 3.8) is 0 Å². The van der Waals surface area contributed by atoms with Crippen LogP contribution in [-0.4, -0.2) is 0 Å². The van der Waals surface area contributed by atoms with Crippen molar-refractivity contribution in [2.45, 2.75) is 33.7 Å². The second kappa shape index (κ2) is 4.07. The minimum atomic E-state index is -0.0672. The lowest BCUT2D eigenvalue weighted by atomic mass is 9.98. The Balaban J connectivity index is 2.44. The van der Waals surface area contributed by atoms with E-state index in [4.69, 9.17) is 10.2 Å². The Hall–Kier alpha value is -1.06. The van der Waals surface area contributed by atoms with E-state index in [0.717, 1.165) is 17.1 Å². The van der Waals surface area contributed by atoms with Gasteiger partial charge in [0.05, 0.1) is 6.04 Å². The molecular weight excluding hydrogens is 218 g/mol. The van der Waals surface area contributed by atoms with Gasteiger partial charge in [0.25, 0.3) is 0 Å². The summed E-state index contributed by atoms with van der Waals surface area (Å²) in [6.07, 6.45) is 0. The average molecular weight is 235 g/mol. The summed E-state index contributed by atoms with van der Waals surface area (Å²) >= 11 is 1.74. The highest BCUT2D eigenvalue weighted by molar-refractivity contribution is 7.10. The third-order valence-electron chi connectivity index (χ3n) is 3.04. The average Bonchev–Trinajstić information content (AvgIpc) is 2.73. The van der Waals surface area contributed by atoms with E-state index < -0.39 is 0 Å². The lowest BCUT2D eigenvalue weighted by Crippen LogP contribution is -2.12. The topological polar surface area (TPSA) is 39.2 Å². The zero-order valence-corrected chi connectivity index (χ0v) is 10.9. The maximum Gasteiger partial charge on any atom is 0.106 e. The van der Waals surface area contributed by atoms with Gasteiger partial charge < -0.3 is 10.2 Å². The first-order chi connectivity index (χ1) is 7.50. The van der Waals surface area contributed by atoms with Crippen molar-refractivity contribution in [2.75, 3.05) is 0 Å². The molecule has 0 aliphatic carbocycles. The van der Waals surface area contributed by atoms with Crippen LogP contribution in [0.5, 0.6) is 0 Å². The van der Waals surface area contributed by atoms with Crippen molar-refractivity contribution in [3.8, 4) is 0 Å². The van der Waals surface area contributed by atoms with Crippen LogP contribution in [0.4, 0.5) is 0 Å². The molecule has 86 valence electrons. The SMILES string of the molecule is Cc1cc(C(N)c2c(C)oc(C)c2C)cs1. The van der Waals surface area contributed by atoms with Crippen LogP contribution < -0.4 is 5.73 Å². The number of furan rings is 1. The molecule has 3 heteroatoms. The quantitative estimate of drug-likeness (QED) is 0.863. The molecule has 0 aromatic carbocycles. The van der Waals surface area contributed by atoms with Gasteiger partial charge >= 0.3 is 0 Å². The van der Waals surface area contributed by atoms with Crippen molar-refractivity contribution in [2.24, 2.45) is 5.73 Å². The van der Waals surface area contributed by atoms with Gasteiger partial charge in [-0.25, -0.2) is 0 Å². The minimum Gasteiger partial charge on any atom is -0.466 e. The van der Waals surface area contributed by atoms with Gasteiger partial charge in [-0.1, -0.05) is 0 Å². The van der Waals surface area contributed by atoms with Crippen molar-refractivity contribution in [3.05, 3.63) is 44.5 Å². The van der Waals surface area contributed by atoms with Gasteiger partial charge in [-0.3, -0.25) is 0 Å². The largest absolute Gasteiger partial charge is 0.466 e. The van der Waals surface area contributed by atoms with Crippen LogP contribution in [0.25, 0.3) is 0 Å². The second-order valence-electron chi connectivity index (χ2n) is 4.22. The van der Waals surface area contributed by atoms with Crippen LogP contribution in [0, 0.1) is 27.7 Å². The molecule has 2 aromatic heterocycles. The monoisotopic (exact) mass is 235 g/mol. The van der Waals surface area contributed by atoms with Gasteiger partial charge in [0.15, 0.2) is 0 Å². The Morgan fingerprint density at radius 1 is 1.19 bits per heavy atom. The molecule has 0 bridgehead atoms. The van der Waals surface area contributed by atoms with E-state index in [2.05, 4.69) is 25.3 Å². The molecule has 16 heavy (non-hydrogen) atoms. The van der Waals surface area contributed by atoms with Gasteiger partial charge in [-0.15, -0.1) is 11.3 Å². The summed E-state index contributed by atoms with van der Waals surface area (Å²) in [5.41, 5.74) is 9.78. The van der Waals surface area contributed by atoms with Gasteiger partial charge in [-0.05, 0) is 50.3 Å². The first-order valence-corrected chi connectivity index (χ1v) is 6.25. The van der Waals surface area contributed by atoms with Crippen LogP contribution in [0.3, 0.4) is 0 Å². The van der Waals surface area contributed by atoms with E-state index in [9.17, 15) is 0 Å². The molecule has 2 N–H and O–H groups in total. The number of rotatable bonds is 2. The van der Waals surface area contributed by atoms with Crippen molar-refractivity contribution < 1.29 is 4.42 Å². The second-order valence-corrected chi connectivity index (χ2v) is 5.34. The standard InChI is InChI=1S/C13H17NOS/c1-7-5-11(6-16-7)13(14)12-8(2)9(3)15-10(12)4/h5-6,13H,14H2,1-4H3. The van der Waals surface area contributed by atoms with Gasteiger partial charge in [-0.2, -0.15) is 0 Å². The van der Waals surface area contributed by atoms with Crippen molar-refractivity contribution in [1.29, 1.82) is 0 Å². The highest BCUT2D eigenvalue weighted by atomic mass is 32.1. The normalized spacial score (nSPS) is 13.1. The Labute approximate surface area is 100 Å². The predicted molar refractivity (Wildman–Crippen MR) is 68.0 cm³/mol. The van der Waals surface area contributed by atoms with E-state index in [1.54, 1.807) is 11.3 Å². The maximum absolute atomic E-state index is 6.29. The van der Waals surface area contributed by atoms with Gasteiger partial charge in [0, 0.05) is 10.4 Å². The van der Waals surface area contributed by atoms with Crippen LogP contribution >= 0.6 is 11.3 Å². The van der Waals surface area contributed by atoms with E-state index in [-0.39, 0.29) is 6.04 Å². The van der Waals surface area contributed by atoms with Crippen molar-refractivity contribution in [1.82, 2.24) is 0 Å². The molecule has 0 saturated carbocycles. The number of hydrogen-bond acceptors (Lipinski definition) is 3. The highest BCUT2D eigenvalue weighted by Crippen LogP contribution is 2.31. The predicted octanol–water partition coefficient (Wildman–Crippen LogP) is 3.62. The third kappa shape index (κ3) is 1.81. The molecule has 2 nitrogen and oxygen atoms in total. The van der Waals surface area contributed by atoms with Crippen molar-refractivity contribution >= 4 is 11.3 Å². The summed E-state index contributed by atoms with van der Waals surface area (Å²) in [4.78, 5) is 1.29. The zero-order chi connectivity index (χ0) is 11.9. The van der Waals surface area contributed by atoms with Crippen LogP contribution in [0.2, 0.25) is 0 Å². The molecule has 2 aromatic rings. The fraction of sp³-hybridized carbons (Fsp3) is 0.385. The first-order valence-electron chi connectivity index (χ1n) is 5.37. The molecule has 0 amide bonds. The van der Waals surface area contributed by atoms with E-state index >= 15 is 0 Å². The molecule has 0 radical (unpaired) electrons. The van der Waals surface area contributed by atoms with E-state index in [1.165, 1.54) is 16.0 Å². The fourth-order valence-electron chi connectivity index (χ4n) is 2.06. The summed E-state index contributed by atoms with van der Waals surface area (Å²) in [6.45, 7) is 8.13. The number of thiophene rings is 1. The molecule has 0 aliphatic heterocycles. The Morgan fingerprint density at radius 2 is 1.88 bits per heavy atom. The summed E-state index contributed by atoms with van der Waals surface area (Å²) in [6, 6.07) is 2.08. The molecule has 0 fully saturated rings. The number of nitrogens with two attached hydrogens (primary N) is 1. The fourth-order valence-corrected chi connectivity index (χ4v) is 2.80. The number of aryl methyl sites for hydroxylation is 3. The van der Waals surface area contributed by atoms with Gasteiger partial charge in [0.1, 0.15) is 11.5 Å². The van der Waals surface area contributed by atoms with Crippen LogP contribution in [0.15, 0.2) is 15.9 Å². The van der Waals surface area contributed by atoms with E-state index in [0.29, 0.717) is 0 Å². The van der Waals surface area contributed by atoms with Crippen LogP contribution in [0.1, 0.15) is 39.1 Å². The maximum atomic E-state index is 6.29. The molecule has 0 aliphatic rings. The molecule has 1 atom stereocenters. The Bertz CT molecular complexity index is 510. The summed E-state index contributed by atoms with van der Waals surface area (Å²) in [7, 11) is 0.